The molecule has 2 rings (SSSR count). The summed E-state index contributed by atoms with van der Waals surface area (Å²) in [5, 5.41) is 6.44. The van der Waals surface area contributed by atoms with Gasteiger partial charge in [0, 0.05) is 12.0 Å². The third kappa shape index (κ3) is 3.07. The number of carbonyl (C=O) groups excluding carboxylic acids is 1. The molecule has 102 valence electrons. The Hall–Kier alpha value is -1.98. The molecular weight excluding hydrogens is 254 g/mol. The molecule has 4 nitrogen and oxygen atoms in total. The Balaban J connectivity index is 1.96. The zero-order valence-electron chi connectivity index (χ0n) is 10.7. The van der Waals surface area contributed by atoms with E-state index >= 15 is 0 Å². The van der Waals surface area contributed by atoms with Gasteiger partial charge in [0.2, 0.25) is 0 Å². The number of nitrogens with zero attached hydrogens (tertiary/aromatic N) is 1. The summed E-state index contributed by atoms with van der Waals surface area (Å²) in [6, 6.07) is 3.02. The van der Waals surface area contributed by atoms with Gasteiger partial charge in [-0.3, -0.25) is 4.79 Å². The standard InChI is InChI=1S/C13H14F2N2O2/c1-8-6-13(2,19-17-8)7-16-12(18)9-3-4-10(14)11(15)5-9/h3-5H,6-7H2,1-2H3,(H,16,18)/t13-/m1/s1. The smallest absolute Gasteiger partial charge is 0.251 e. The van der Waals surface area contributed by atoms with Crippen molar-refractivity contribution in [2.45, 2.75) is 25.9 Å². The molecule has 19 heavy (non-hydrogen) atoms. The van der Waals surface area contributed by atoms with E-state index in [1.165, 1.54) is 6.07 Å². The van der Waals surface area contributed by atoms with E-state index in [2.05, 4.69) is 10.5 Å². The fourth-order valence-electron chi connectivity index (χ4n) is 1.90. The lowest BCUT2D eigenvalue weighted by Gasteiger charge is -2.21. The van der Waals surface area contributed by atoms with E-state index in [0.29, 0.717) is 6.42 Å². The van der Waals surface area contributed by atoms with E-state index in [-0.39, 0.29) is 12.1 Å². The van der Waals surface area contributed by atoms with Gasteiger partial charge in [0.1, 0.15) is 0 Å². The minimum Gasteiger partial charge on any atom is -0.387 e. The van der Waals surface area contributed by atoms with Gasteiger partial charge >= 0.3 is 0 Å². The summed E-state index contributed by atoms with van der Waals surface area (Å²) >= 11 is 0. The maximum Gasteiger partial charge on any atom is 0.251 e. The van der Waals surface area contributed by atoms with Gasteiger partial charge in [-0.2, -0.15) is 0 Å². The van der Waals surface area contributed by atoms with Crippen LogP contribution in [0.1, 0.15) is 30.6 Å². The van der Waals surface area contributed by atoms with Crippen LogP contribution >= 0.6 is 0 Å². The largest absolute Gasteiger partial charge is 0.387 e. The highest BCUT2D eigenvalue weighted by Gasteiger charge is 2.33. The van der Waals surface area contributed by atoms with Crippen molar-refractivity contribution < 1.29 is 18.4 Å². The van der Waals surface area contributed by atoms with Crippen molar-refractivity contribution in [3.8, 4) is 0 Å². The first-order chi connectivity index (χ1) is 8.89. The van der Waals surface area contributed by atoms with Gasteiger partial charge in [-0.15, -0.1) is 0 Å². The first kappa shape index (κ1) is 13.5. The zero-order chi connectivity index (χ0) is 14.0. The van der Waals surface area contributed by atoms with Crippen molar-refractivity contribution in [1.29, 1.82) is 0 Å². The first-order valence-electron chi connectivity index (χ1n) is 5.84. The van der Waals surface area contributed by atoms with Crippen LogP contribution in [-0.2, 0) is 4.84 Å². The Labute approximate surface area is 109 Å². The second-order valence-electron chi connectivity index (χ2n) is 4.86. The quantitative estimate of drug-likeness (QED) is 0.914. The Morgan fingerprint density at radius 3 is 2.79 bits per heavy atom. The van der Waals surface area contributed by atoms with Crippen LogP contribution in [0.15, 0.2) is 23.4 Å². The van der Waals surface area contributed by atoms with Gasteiger partial charge in [0.25, 0.3) is 5.91 Å². The highest BCUT2D eigenvalue weighted by molar-refractivity contribution is 5.94. The number of hydrogen-bond acceptors (Lipinski definition) is 3. The molecule has 1 heterocycles. The zero-order valence-corrected chi connectivity index (χ0v) is 10.7. The number of halogens is 2. The Kier molecular flexibility index (Phi) is 3.50. The van der Waals surface area contributed by atoms with E-state index in [9.17, 15) is 13.6 Å². The van der Waals surface area contributed by atoms with E-state index in [4.69, 9.17) is 4.84 Å². The molecule has 0 saturated heterocycles. The highest BCUT2D eigenvalue weighted by Crippen LogP contribution is 2.22. The molecule has 1 N–H and O–H groups in total. The predicted molar refractivity (Wildman–Crippen MR) is 65.9 cm³/mol. The maximum atomic E-state index is 13.0. The average molecular weight is 268 g/mol. The van der Waals surface area contributed by atoms with Gasteiger partial charge in [-0.05, 0) is 32.0 Å². The molecule has 0 unspecified atom stereocenters. The topological polar surface area (TPSA) is 50.7 Å². The maximum absolute atomic E-state index is 13.0. The lowest BCUT2D eigenvalue weighted by molar-refractivity contribution is -0.00182. The first-order valence-corrected chi connectivity index (χ1v) is 5.84. The molecule has 1 aromatic carbocycles. The van der Waals surface area contributed by atoms with Gasteiger partial charge in [0.05, 0.1) is 12.3 Å². The summed E-state index contributed by atoms with van der Waals surface area (Å²) in [5.41, 5.74) is 0.334. The van der Waals surface area contributed by atoms with Crippen LogP contribution < -0.4 is 5.32 Å². The fourth-order valence-corrected chi connectivity index (χ4v) is 1.90. The molecule has 0 aliphatic carbocycles. The predicted octanol–water partition coefficient (Wildman–Crippen LogP) is 2.25. The van der Waals surface area contributed by atoms with Crippen LogP contribution in [-0.4, -0.2) is 23.8 Å². The Morgan fingerprint density at radius 2 is 2.21 bits per heavy atom. The number of benzene rings is 1. The molecule has 0 aromatic heterocycles. The van der Waals surface area contributed by atoms with Crippen LogP contribution in [0.4, 0.5) is 8.78 Å². The summed E-state index contributed by atoms with van der Waals surface area (Å²) in [4.78, 5) is 17.0. The van der Waals surface area contributed by atoms with Crippen molar-refractivity contribution in [3.63, 3.8) is 0 Å². The summed E-state index contributed by atoms with van der Waals surface area (Å²) < 4.78 is 25.8. The van der Waals surface area contributed by atoms with Crippen molar-refractivity contribution >= 4 is 11.6 Å². The number of carbonyl (C=O) groups is 1. The lowest BCUT2D eigenvalue weighted by Crippen LogP contribution is -2.40. The highest BCUT2D eigenvalue weighted by atomic mass is 19.2. The van der Waals surface area contributed by atoms with Gasteiger partial charge < -0.3 is 10.2 Å². The molecule has 0 radical (unpaired) electrons. The molecule has 1 aromatic rings. The second kappa shape index (κ2) is 4.95. The molecule has 6 heteroatoms. The minimum absolute atomic E-state index is 0.0677. The van der Waals surface area contributed by atoms with E-state index in [1.54, 1.807) is 0 Å². The Bertz CT molecular complexity index is 545. The van der Waals surface area contributed by atoms with Crippen LogP contribution in [0.3, 0.4) is 0 Å². The van der Waals surface area contributed by atoms with E-state index in [0.717, 1.165) is 17.8 Å². The molecule has 0 fully saturated rings. The molecule has 1 aliphatic heterocycles. The van der Waals surface area contributed by atoms with E-state index in [1.807, 2.05) is 13.8 Å². The third-order valence-corrected chi connectivity index (χ3v) is 2.86. The summed E-state index contributed by atoms with van der Waals surface area (Å²) in [6.45, 7) is 3.90. The number of oxime groups is 1. The Morgan fingerprint density at radius 1 is 1.47 bits per heavy atom. The number of rotatable bonds is 3. The van der Waals surface area contributed by atoms with Crippen molar-refractivity contribution in [1.82, 2.24) is 5.32 Å². The van der Waals surface area contributed by atoms with Crippen molar-refractivity contribution in [2.24, 2.45) is 5.16 Å². The van der Waals surface area contributed by atoms with Crippen LogP contribution in [0, 0.1) is 11.6 Å². The fraction of sp³-hybridized carbons (Fsp3) is 0.385. The molecule has 1 amide bonds. The average Bonchev–Trinajstić information content (AvgIpc) is 2.70. The molecule has 0 bridgehead atoms. The van der Waals surface area contributed by atoms with Crippen molar-refractivity contribution in [3.05, 3.63) is 35.4 Å². The van der Waals surface area contributed by atoms with Gasteiger partial charge in [-0.25, -0.2) is 8.78 Å². The molecule has 1 atom stereocenters. The third-order valence-electron chi connectivity index (χ3n) is 2.86. The van der Waals surface area contributed by atoms with Crippen molar-refractivity contribution in [2.75, 3.05) is 6.54 Å². The van der Waals surface area contributed by atoms with Gasteiger partial charge in [0.15, 0.2) is 17.2 Å². The van der Waals surface area contributed by atoms with Gasteiger partial charge in [-0.1, -0.05) is 5.16 Å². The number of nitrogens with one attached hydrogen (secondary N) is 1. The van der Waals surface area contributed by atoms with Crippen LogP contribution in [0.2, 0.25) is 0 Å². The molecule has 1 aliphatic rings. The normalized spacial score (nSPS) is 21.8. The molecule has 0 saturated carbocycles. The second-order valence-corrected chi connectivity index (χ2v) is 4.86. The summed E-state index contributed by atoms with van der Waals surface area (Å²) in [6.07, 6.45) is 0.616. The lowest BCUT2D eigenvalue weighted by atomic mass is 10.0. The number of amides is 1. The molecular formula is C13H14F2N2O2. The monoisotopic (exact) mass is 268 g/mol. The molecule has 0 spiro atoms. The van der Waals surface area contributed by atoms with E-state index < -0.39 is 23.1 Å². The minimum atomic E-state index is -1.05. The summed E-state index contributed by atoms with van der Waals surface area (Å²) in [7, 11) is 0. The van der Waals surface area contributed by atoms with Crippen LogP contribution in [0.25, 0.3) is 0 Å². The SMILES string of the molecule is CC1=NO[C@@](C)(CNC(=O)c2ccc(F)c(F)c2)C1. The summed E-state index contributed by atoms with van der Waals surface area (Å²) in [5.74, 6) is -2.50. The van der Waals surface area contributed by atoms with Crippen LogP contribution in [0.5, 0.6) is 0 Å². The number of hydrogen-bond donors (Lipinski definition) is 1.